The van der Waals surface area contributed by atoms with Crippen LogP contribution < -0.4 is 4.90 Å². The van der Waals surface area contributed by atoms with Crippen LogP contribution in [0.25, 0.3) is 0 Å². The van der Waals surface area contributed by atoms with Crippen molar-refractivity contribution in [2.24, 2.45) is 5.41 Å². The van der Waals surface area contributed by atoms with Crippen molar-refractivity contribution in [1.82, 2.24) is 4.98 Å². The Labute approximate surface area is 96.3 Å². The van der Waals surface area contributed by atoms with Gasteiger partial charge in [-0.05, 0) is 30.4 Å². The van der Waals surface area contributed by atoms with Gasteiger partial charge in [-0.3, -0.25) is 0 Å². The van der Waals surface area contributed by atoms with E-state index in [1.807, 2.05) is 18.2 Å². The first-order valence-corrected chi connectivity index (χ1v) is 5.82. The van der Waals surface area contributed by atoms with E-state index in [1.165, 1.54) is 12.8 Å². The Morgan fingerprint density at radius 3 is 2.53 bits per heavy atom. The first-order valence-electron chi connectivity index (χ1n) is 5.44. The van der Waals surface area contributed by atoms with Crippen LogP contribution in [0.2, 0.25) is 5.15 Å². The van der Waals surface area contributed by atoms with Crippen LogP contribution in [0.5, 0.6) is 0 Å². The highest BCUT2D eigenvalue weighted by Crippen LogP contribution is 2.31. The highest BCUT2D eigenvalue weighted by atomic mass is 35.5. The van der Waals surface area contributed by atoms with Gasteiger partial charge in [0.2, 0.25) is 0 Å². The predicted octanol–water partition coefficient (Wildman–Crippen LogP) is 3.36. The van der Waals surface area contributed by atoms with E-state index in [2.05, 4.69) is 23.7 Å². The van der Waals surface area contributed by atoms with E-state index >= 15 is 0 Å². The summed E-state index contributed by atoms with van der Waals surface area (Å²) in [5.74, 6) is 1.01. The van der Waals surface area contributed by atoms with Gasteiger partial charge in [0.05, 0.1) is 0 Å². The molecule has 1 fully saturated rings. The molecule has 0 bridgehead atoms. The summed E-state index contributed by atoms with van der Waals surface area (Å²) in [6, 6.07) is 5.81. The molecule has 1 saturated heterocycles. The highest BCUT2D eigenvalue weighted by molar-refractivity contribution is 6.29. The van der Waals surface area contributed by atoms with Crippen molar-refractivity contribution in [1.29, 1.82) is 0 Å². The molecule has 1 aromatic heterocycles. The zero-order valence-corrected chi connectivity index (χ0v) is 10.1. The summed E-state index contributed by atoms with van der Waals surface area (Å²) in [6.45, 7) is 6.83. The quantitative estimate of drug-likeness (QED) is 0.680. The normalized spacial score (nSPS) is 20.3. The molecular weight excluding hydrogens is 208 g/mol. The number of nitrogens with zero attached hydrogens (tertiary/aromatic N) is 2. The van der Waals surface area contributed by atoms with Crippen LogP contribution >= 0.6 is 11.6 Å². The van der Waals surface area contributed by atoms with E-state index in [0.717, 1.165) is 18.9 Å². The maximum atomic E-state index is 5.88. The average Bonchev–Trinajstić information content (AvgIpc) is 2.17. The summed E-state index contributed by atoms with van der Waals surface area (Å²) in [4.78, 5) is 6.65. The lowest BCUT2D eigenvalue weighted by Gasteiger charge is -2.37. The third-order valence-electron chi connectivity index (χ3n) is 3.14. The fraction of sp³-hybridized carbons (Fsp3) is 0.583. The largest absolute Gasteiger partial charge is 0.357 e. The van der Waals surface area contributed by atoms with E-state index in [9.17, 15) is 0 Å². The van der Waals surface area contributed by atoms with Crippen molar-refractivity contribution in [3.8, 4) is 0 Å². The Morgan fingerprint density at radius 2 is 1.93 bits per heavy atom. The van der Waals surface area contributed by atoms with Gasteiger partial charge in [0, 0.05) is 13.1 Å². The summed E-state index contributed by atoms with van der Waals surface area (Å²) in [6.07, 6.45) is 2.45. The molecule has 1 aliphatic rings. The van der Waals surface area contributed by atoms with E-state index in [4.69, 9.17) is 11.6 Å². The molecule has 3 heteroatoms. The molecule has 1 aliphatic heterocycles. The molecule has 2 heterocycles. The molecule has 0 amide bonds. The second-order valence-corrected chi connectivity index (χ2v) is 5.36. The van der Waals surface area contributed by atoms with Crippen LogP contribution in [0.3, 0.4) is 0 Å². The fourth-order valence-corrected chi connectivity index (χ4v) is 2.07. The molecule has 0 aliphatic carbocycles. The van der Waals surface area contributed by atoms with E-state index < -0.39 is 0 Å². The molecule has 0 unspecified atom stereocenters. The van der Waals surface area contributed by atoms with Gasteiger partial charge in [0.15, 0.2) is 0 Å². The molecule has 0 N–H and O–H groups in total. The van der Waals surface area contributed by atoms with Gasteiger partial charge in [0.25, 0.3) is 0 Å². The number of halogens is 1. The predicted molar refractivity (Wildman–Crippen MR) is 64.5 cm³/mol. The summed E-state index contributed by atoms with van der Waals surface area (Å²) in [7, 11) is 0. The molecule has 0 aromatic carbocycles. The number of anilines is 1. The fourth-order valence-electron chi connectivity index (χ4n) is 1.91. The van der Waals surface area contributed by atoms with Crippen molar-refractivity contribution in [2.75, 3.05) is 18.0 Å². The van der Waals surface area contributed by atoms with Crippen LogP contribution in [0.15, 0.2) is 18.2 Å². The van der Waals surface area contributed by atoms with E-state index in [0.29, 0.717) is 10.6 Å². The number of piperidine rings is 1. The molecule has 15 heavy (non-hydrogen) atoms. The van der Waals surface area contributed by atoms with Crippen LogP contribution in [-0.2, 0) is 0 Å². The van der Waals surface area contributed by atoms with Gasteiger partial charge in [-0.1, -0.05) is 31.5 Å². The molecule has 0 saturated carbocycles. The smallest absolute Gasteiger partial charge is 0.131 e. The summed E-state index contributed by atoms with van der Waals surface area (Å²) < 4.78 is 0. The second kappa shape index (κ2) is 4.01. The Morgan fingerprint density at radius 1 is 1.27 bits per heavy atom. The molecule has 0 atom stereocenters. The van der Waals surface area contributed by atoms with Gasteiger partial charge in [-0.25, -0.2) is 4.98 Å². The van der Waals surface area contributed by atoms with Gasteiger partial charge < -0.3 is 4.90 Å². The molecule has 1 aromatic rings. The van der Waals surface area contributed by atoms with Crippen molar-refractivity contribution >= 4 is 17.4 Å². The molecule has 2 rings (SSSR count). The second-order valence-electron chi connectivity index (χ2n) is 4.97. The maximum Gasteiger partial charge on any atom is 0.131 e. The van der Waals surface area contributed by atoms with Crippen LogP contribution in [-0.4, -0.2) is 18.1 Å². The number of pyridine rings is 1. The molecular formula is C12H17ClN2. The van der Waals surface area contributed by atoms with Crippen LogP contribution in [0.1, 0.15) is 26.7 Å². The Hall–Kier alpha value is -0.760. The van der Waals surface area contributed by atoms with Gasteiger partial charge in [-0.2, -0.15) is 0 Å². The van der Waals surface area contributed by atoms with Crippen molar-refractivity contribution in [3.63, 3.8) is 0 Å². The maximum absolute atomic E-state index is 5.88. The van der Waals surface area contributed by atoms with E-state index in [-0.39, 0.29) is 0 Å². The SMILES string of the molecule is CC1(C)CCN(c2cccc(Cl)n2)CC1. The topological polar surface area (TPSA) is 16.1 Å². The number of hydrogen-bond acceptors (Lipinski definition) is 2. The lowest BCUT2D eigenvalue weighted by Crippen LogP contribution is -2.37. The van der Waals surface area contributed by atoms with Gasteiger partial charge in [0.1, 0.15) is 11.0 Å². The monoisotopic (exact) mass is 224 g/mol. The summed E-state index contributed by atoms with van der Waals surface area (Å²) in [5.41, 5.74) is 0.481. The average molecular weight is 225 g/mol. The van der Waals surface area contributed by atoms with Crippen molar-refractivity contribution in [2.45, 2.75) is 26.7 Å². The number of hydrogen-bond donors (Lipinski definition) is 0. The lowest BCUT2D eigenvalue weighted by atomic mass is 9.83. The summed E-state index contributed by atoms with van der Waals surface area (Å²) >= 11 is 5.88. The lowest BCUT2D eigenvalue weighted by molar-refractivity contribution is 0.279. The molecule has 0 radical (unpaired) electrons. The van der Waals surface area contributed by atoms with Crippen molar-refractivity contribution < 1.29 is 0 Å². The zero-order chi connectivity index (χ0) is 10.9. The Kier molecular flexibility index (Phi) is 2.87. The molecule has 82 valence electrons. The molecule has 2 nitrogen and oxygen atoms in total. The first-order chi connectivity index (χ1) is 7.07. The van der Waals surface area contributed by atoms with Crippen LogP contribution in [0, 0.1) is 5.41 Å². The highest BCUT2D eigenvalue weighted by Gasteiger charge is 2.25. The number of aromatic nitrogens is 1. The zero-order valence-electron chi connectivity index (χ0n) is 9.33. The minimum Gasteiger partial charge on any atom is -0.357 e. The number of rotatable bonds is 1. The standard InChI is InChI=1S/C12H17ClN2/c1-12(2)6-8-15(9-7-12)11-5-3-4-10(13)14-11/h3-5H,6-9H2,1-2H3. The molecule has 0 spiro atoms. The third kappa shape index (κ3) is 2.63. The van der Waals surface area contributed by atoms with Crippen molar-refractivity contribution in [3.05, 3.63) is 23.4 Å². The summed E-state index contributed by atoms with van der Waals surface area (Å²) in [5, 5.41) is 0.581. The van der Waals surface area contributed by atoms with Gasteiger partial charge >= 0.3 is 0 Å². The minimum absolute atomic E-state index is 0.481. The van der Waals surface area contributed by atoms with Gasteiger partial charge in [-0.15, -0.1) is 0 Å². The van der Waals surface area contributed by atoms with E-state index in [1.54, 1.807) is 0 Å². The minimum atomic E-state index is 0.481. The third-order valence-corrected chi connectivity index (χ3v) is 3.35. The Bertz CT molecular complexity index is 339. The van der Waals surface area contributed by atoms with Crippen LogP contribution in [0.4, 0.5) is 5.82 Å². The Balaban J connectivity index is 2.08. The first kappa shape index (κ1) is 10.7.